The molecule has 8 heteroatoms. The van der Waals surface area contributed by atoms with Crippen LogP contribution in [0.25, 0.3) is 0 Å². The third kappa shape index (κ3) is 4.60. The van der Waals surface area contributed by atoms with Gasteiger partial charge in [-0.1, -0.05) is 0 Å². The molecule has 2 N–H and O–H groups in total. The third-order valence-corrected chi connectivity index (χ3v) is 4.33. The van der Waals surface area contributed by atoms with Crippen LogP contribution in [0.4, 0.5) is 17.1 Å². The summed E-state index contributed by atoms with van der Waals surface area (Å²) in [6.07, 6.45) is 1.44. The largest absolute Gasteiger partial charge is 0.383 e. The number of amides is 2. The van der Waals surface area contributed by atoms with Gasteiger partial charge in [0.2, 0.25) is 5.91 Å². The molecule has 8 nitrogen and oxygen atoms in total. The second kappa shape index (κ2) is 8.31. The predicted molar refractivity (Wildman–Crippen MR) is 102 cm³/mol. The third-order valence-electron chi connectivity index (χ3n) is 4.33. The normalized spacial score (nSPS) is 13.5. The van der Waals surface area contributed by atoms with Gasteiger partial charge in [0, 0.05) is 55.1 Å². The van der Waals surface area contributed by atoms with Crippen LogP contribution in [0, 0.1) is 10.1 Å². The van der Waals surface area contributed by atoms with E-state index in [1.54, 1.807) is 41.3 Å². The van der Waals surface area contributed by atoms with Crippen LogP contribution in [0.15, 0.2) is 48.5 Å². The Morgan fingerprint density at radius 1 is 1.07 bits per heavy atom. The Balaban J connectivity index is 1.45. The molecule has 0 radical (unpaired) electrons. The van der Waals surface area contributed by atoms with E-state index in [1.165, 1.54) is 12.1 Å². The molecule has 1 fully saturated rings. The lowest BCUT2D eigenvalue weighted by Crippen LogP contribution is -2.29. The summed E-state index contributed by atoms with van der Waals surface area (Å²) in [7, 11) is 0. The van der Waals surface area contributed by atoms with Crippen molar-refractivity contribution >= 4 is 28.9 Å². The number of anilines is 2. The van der Waals surface area contributed by atoms with Crippen molar-refractivity contribution in [3.8, 4) is 0 Å². The molecule has 1 aliphatic rings. The van der Waals surface area contributed by atoms with Gasteiger partial charge in [0.1, 0.15) is 0 Å². The van der Waals surface area contributed by atoms with Crippen molar-refractivity contribution in [2.24, 2.45) is 0 Å². The molecule has 0 aromatic heterocycles. The fourth-order valence-corrected chi connectivity index (χ4v) is 2.90. The zero-order chi connectivity index (χ0) is 19.2. The SMILES string of the molecule is O=C(NCCNc1ccc([N+](=O)[O-])cc1)c1ccc(N2CCCC2=O)cc1. The highest BCUT2D eigenvalue weighted by molar-refractivity contribution is 5.97. The number of nitro benzene ring substituents is 1. The summed E-state index contributed by atoms with van der Waals surface area (Å²) < 4.78 is 0. The van der Waals surface area contributed by atoms with E-state index in [4.69, 9.17) is 0 Å². The number of benzene rings is 2. The molecule has 3 rings (SSSR count). The number of hydrogen-bond acceptors (Lipinski definition) is 5. The van der Waals surface area contributed by atoms with Crippen molar-refractivity contribution in [3.05, 3.63) is 64.2 Å². The van der Waals surface area contributed by atoms with E-state index in [9.17, 15) is 19.7 Å². The molecular weight excluding hydrogens is 348 g/mol. The van der Waals surface area contributed by atoms with Gasteiger partial charge in [-0.3, -0.25) is 19.7 Å². The second-order valence-corrected chi connectivity index (χ2v) is 6.18. The Morgan fingerprint density at radius 3 is 2.37 bits per heavy atom. The Kier molecular flexibility index (Phi) is 5.65. The van der Waals surface area contributed by atoms with E-state index in [-0.39, 0.29) is 17.5 Å². The first kappa shape index (κ1) is 18.4. The van der Waals surface area contributed by atoms with Crippen molar-refractivity contribution in [1.82, 2.24) is 5.32 Å². The quantitative estimate of drug-likeness (QED) is 0.444. The lowest BCUT2D eigenvalue weighted by atomic mass is 10.2. The molecule has 1 saturated heterocycles. The number of nitrogens with zero attached hydrogens (tertiary/aromatic N) is 2. The van der Waals surface area contributed by atoms with Crippen molar-refractivity contribution < 1.29 is 14.5 Å². The number of nitro groups is 1. The smallest absolute Gasteiger partial charge is 0.269 e. The number of rotatable bonds is 7. The molecule has 0 atom stereocenters. The van der Waals surface area contributed by atoms with Gasteiger partial charge in [0.15, 0.2) is 0 Å². The van der Waals surface area contributed by atoms with Crippen LogP contribution in [0.2, 0.25) is 0 Å². The zero-order valence-electron chi connectivity index (χ0n) is 14.7. The molecule has 1 heterocycles. The van der Waals surface area contributed by atoms with Crippen LogP contribution < -0.4 is 15.5 Å². The molecule has 0 bridgehead atoms. The number of hydrogen-bond donors (Lipinski definition) is 2. The van der Waals surface area contributed by atoms with E-state index < -0.39 is 4.92 Å². The van der Waals surface area contributed by atoms with Gasteiger partial charge in [0.05, 0.1) is 4.92 Å². The zero-order valence-corrected chi connectivity index (χ0v) is 14.7. The van der Waals surface area contributed by atoms with E-state index >= 15 is 0 Å². The standard InChI is InChI=1S/C19H20N4O4/c24-18-2-1-13-22(18)16-7-3-14(4-8-16)19(25)21-12-11-20-15-5-9-17(10-6-15)23(26)27/h3-10,20H,1-2,11-13H2,(H,21,25). The molecule has 0 saturated carbocycles. The molecule has 2 amide bonds. The van der Waals surface area contributed by atoms with Crippen molar-refractivity contribution in [2.45, 2.75) is 12.8 Å². The summed E-state index contributed by atoms with van der Waals surface area (Å²) in [6, 6.07) is 13.1. The summed E-state index contributed by atoms with van der Waals surface area (Å²) in [5, 5.41) is 16.5. The average Bonchev–Trinajstić information content (AvgIpc) is 3.11. The van der Waals surface area contributed by atoms with Crippen molar-refractivity contribution in [2.75, 3.05) is 29.9 Å². The highest BCUT2D eigenvalue weighted by atomic mass is 16.6. The first-order valence-electron chi connectivity index (χ1n) is 8.71. The van der Waals surface area contributed by atoms with Crippen LogP contribution in [0.5, 0.6) is 0 Å². The average molecular weight is 368 g/mol. The summed E-state index contributed by atoms with van der Waals surface area (Å²) >= 11 is 0. The number of carbonyl (C=O) groups excluding carboxylic acids is 2. The van der Waals surface area contributed by atoms with Crippen LogP contribution >= 0.6 is 0 Å². The maximum Gasteiger partial charge on any atom is 0.269 e. The fraction of sp³-hybridized carbons (Fsp3) is 0.263. The van der Waals surface area contributed by atoms with Crippen LogP contribution in [0.3, 0.4) is 0 Å². The lowest BCUT2D eigenvalue weighted by molar-refractivity contribution is -0.384. The van der Waals surface area contributed by atoms with Gasteiger partial charge in [-0.2, -0.15) is 0 Å². The van der Waals surface area contributed by atoms with E-state index in [0.717, 1.165) is 24.3 Å². The topological polar surface area (TPSA) is 105 Å². The molecule has 1 aliphatic heterocycles. The van der Waals surface area contributed by atoms with Crippen LogP contribution in [0.1, 0.15) is 23.2 Å². The molecule has 2 aromatic rings. The fourth-order valence-electron chi connectivity index (χ4n) is 2.90. The van der Waals surface area contributed by atoms with Gasteiger partial charge in [0.25, 0.3) is 11.6 Å². The van der Waals surface area contributed by atoms with Gasteiger partial charge < -0.3 is 15.5 Å². The first-order chi connectivity index (χ1) is 13.0. The molecule has 2 aromatic carbocycles. The molecule has 140 valence electrons. The van der Waals surface area contributed by atoms with Gasteiger partial charge >= 0.3 is 0 Å². The Hall–Kier alpha value is -3.42. The monoisotopic (exact) mass is 368 g/mol. The predicted octanol–water partition coefficient (Wildman–Crippen LogP) is 2.56. The molecule has 0 aliphatic carbocycles. The van der Waals surface area contributed by atoms with Crippen LogP contribution in [-0.4, -0.2) is 36.4 Å². The van der Waals surface area contributed by atoms with E-state index in [2.05, 4.69) is 10.6 Å². The maximum atomic E-state index is 12.2. The Bertz CT molecular complexity index is 834. The highest BCUT2D eigenvalue weighted by Gasteiger charge is 2.21. The van der Waals surface area contributed by atoms with Gasteiger partial charge in [-0.25, -0.2) is 0 Å². The van der Waals surface area contributed by atoms with Crippen molar-refractivity contribution in [1.29, 1.82) is 0 Å². The number of carbonyl (C=O) groups is 2. The minimum absolute atomic E-state index is 0.0351. The van der Waals surface area contributed by atoms with E-state index in [0.29, 0.717) is 25.1 Å². The highest BCUT2D eigenvalue weighted by Crippen LogP contribution is 2.21. The minimum Gasteiger partial charge on any atom is -0.383 e. The molecule has 0 spiro atoms. The lowest BCUT2D eigenvalue weighted by Gasteiger charge is -2.15. The number of nitrogens with one attached hydrogen (secondary N) is 2. The second-order valence-electron chi connectivity index (χ2n) is 6.18. The maximum absolute atomic E-state index is 12.2. The first-order valence-corrected chi connectivity index (χ1v) is 8.71. The summed E-state index contributed by atoms with van der Waals surface area (Å²) in [6.45, 7) is 1.62. The van der Waals surface area contributed by atoms with Crippen molar-refractivity contribution in [3.63, 3.8) is 0 Å². The van der Waals surface area contributed by atoms with Gasteiger partial charge in [-0.15, -0.1) is 0 Å². The molecule has 27 heavy (non-hydrogen) atoms. The minimum atomic E-state index is -0.449. The summed E-state index contributed by atoms with van der Waals surface area (Å²) in [4.78, 5) is 35.8. The summed E-state index contributed by atoms with van der Waals surface area (Å²) in [5.74, 6) is -0.0793. The molecule has 0 unspecified atom stereocenters. The van der Waals surface area contributed by atoms with E-state index in [1.807, 2.05) is 0 Å². The molecular formula is C19H20N4O4. The summed E-state index contributed by atoms with van der Waals surface area (Å²) in [5.41, 5.74) is 2.12. The Labute approximate surface area is 156 Å². The van der Waals surface area contributed by atoms with Gasteiger partial charge in [-0.05, 0) is 42.8 Å². The van der Waals surface area contributed by atoms with Crippen LogP contribution in [-0.2, 0) is 4.79 Å². The Morgan fingerprint density at radius 2 is 1.78 bits per heavy atom. The number of non-ortho nitro benzene ring substituents is 1.